The summed E-state index contributed by atoms with van der Waals surface area (Å²) in [6.45, 7) is 4.25. The summed E-state index contributed by atoms with van der Waals surface area (Å²) in [5, 5.41) is 7.00. The minimum Gasteiger partial charge on any atom is -0.383 e. The average molecular weight is 276 g/mol. The Kier molecular flexibility index (Phi) is 6.10. The second kappa shape index (κ2) is 7.34. The molecular formula is C10H20N4O3S. The molecule has 0 aliphatic rings. The van der Waals surface area contributed by atoms with Crippen LogP contribution in [-0.2, 0) is 21.3 Å². The van der Waals surface area contributed by atoms with E-state index in [1.54, 1.807) is 18.0 Å². The maximum atomic E-state index is 11.7. The van der Waals surface area contributed by atoms with Crippen molar-refractivity contribution in [2.45, 2.75) is 13.5 Å². The van der Waals surface area contributed by atoms with Crippen molar-refractivity contribution in [1.82, 2.24) is 15.1 Å². The number of nitrogens with zero attached hydrogens (tertiary/aromatic N) is 2. The van der Waals surface area contributed by atoms with Crippen molar-refractivity contribution in [3.05, 3.63) is 12.4 Å². The van der Waals surface area contributed by atoms with Gasteiger partial charge in [0.2, 0.25) is 10.0 Å². The first kappa shape index (κ1) is 14.9. The molecule has 1 rings (SSSR count). The summed E-state index contributed by atoms with van der Waals surface area (Å²) in [5.74, 6) is 0.0457. The quantitative estimate of drug-likeness (QED) is 0.614. The first-order chi connectivity index (χ1) is 8.57. The van der Waals surface area contributed by atoms with Gasteiger partial charge in [-0.2, -0.15) is 5.10 Å². The van der Waals surface area contributed by atoms with Gasteiger partial charge in [-0.25, -0.2) is 8.42 Å². The second-order valence-corrected chi connectivity index (χ2v) is 5.60. The van der Waals surface area contributed by atoms with E-state index in [1.165, 1.54) is 6.20 Å². The molecule has 0 amide bonds. The van der Waals surface area contributed by atoms with Crippen molar-refractivity contribution < 1.29 is 13.2 Å². The Morgan fingerprint density at radius 1 is 1.50 bits per heavy atom. The van der Waals surface area contributed by atoms with Crippen LogP contribution >= 0.6 is 0 Å². The van der Waals surface area contributed by atoms with Crippen LogP contribution in [0.1, 0.15) is 6.92 Å². The van der Waals surface area contributed by atoms with E-state index in [1.807, 2.05) is 6.92 Å². The molecule has 0 saturated carbocycles. The van der Waals surface area contributed by atoms with Crippen molar-refractivity contribution in [2.24, 2.45) is 0 Å². The first-order valence-corrected chi connectivity index (χ1v) is 7.45. The summed E-state index contributed by atoms with van der Waals surface area (Å²) in [6, 6.07) is 0. The minimum atomic E-state index is -3.31. The van der Waals surface area contributed by atoms with Gasteiger partial charge in [0, 0.05) is 19.9 Å². The lowest BCUT2D eigenvalue weighted by Gasteiger charge is -2.05. The van der Waals surface area contributed by atoms with E-state index >= 15 is 0 Å². The van der Waals surface area contributed by atoms with Gasteiger partial charge in [-0.15, -0.1) is 0 Å². The molecule has 1 heterocycles. The van der Waals surface area contributed by atoms with Gasteiger partial charge >= 0.3 is 0 Å². The molecule has 18 heavy (non-hydrogen) atoms. The predicted molar refractivity (Wildman–Crippen MR) is 70.1 cm³/mol. The number of anilines is 1. The highest BCUT2D eigenvalue weighted by molar-refractivity contribution is 7.92. The summed E-state index contributed by atoms with van der Waals surface area (Å²) in [6.07, 6.45) is 3.13. The number of hydrogen-bond donors (Lipinski definition) is 2. The Labute approximate surface area is 108 Å². The number of ether oxygens (including phenoxy) is 1. The smallest absolute Gasteiger partial charge is 0.234 e. The maximum Gasteiger partial charge on any atom is 0.234 e. The molecule has 8 heteroatoms. The van der Waals surface area contributed by atoms with Gasteiger partial charge in [0.05, 0.1) is 30.8 Å². The van der Waals surface area contributed by atoms with Gasteiger partial charge in [-0.3, -0.25) is 9.40 Å². The molecule has 0 aliphatic carbocycles. The number of nitrogens with one attached hydrogen (secondary N) is 2. The van der Waals surface area contributed by atoms with E-state index in [0.29, 0.717) is 25.4 Å². The van der Waals surface area contributed by atoms with E-state index in [9.17, 15) is 8.42 Å². The molecule has 104 valence electrons. The van der Waals surface area contributed by atoms with E-state index in [2.05, 4.69) is 15.1 Å². The van der Waals surface area contributed by atoms with Crippen molar-refractivity contribution in [3.8, 4) is 0 Å². The third kappa shape index (κ3) is 5.48. The lowest BCUT2D eigenvalue weighted by Crippen LogP contribution is -2.26. The van der Waals surface area contributed by atoms with E-state index in [4.69, 9.17) is 4.74 Å². The molecule has 0 radical (unpaired) electrons. The number of aromatic nitrogens is 2. The zero-order chi connectivity index (χ0) is 13.4. The van der Waals surface area contributed by atoms with Gasteiger partial charge in [0.1, 0.15) is 0 Å². The molecule has 1 aromatic rings. The third-order valence-corrected chi connectivity index (χ3v) is 3.52. The van der Waals surface area contributed by atoms with Gasteiger partial charge in [-0.1, -0.05) is 6.92 Å². The highest BCUT2D eigenvalue weighted by atomic mass is 32.2. The Hall–Kier alpha value is -1.12. The van der Waals surface area contributed by atoms with Crippen LogP contribution < -0.4 is 10.0 Å². The van der Waals surface area contributed by atoms with Crippen molar-refractivity contribution in [1.29, 1.82) is 0 Å². The molecule has 0 atom stereocenters. The topological polar surface area (TPSA) is 85.3 Å². The molecule has 1 aromatic heterocycles. The normalized spacial score (nSPS) is 11.7. The summed E-state index contributed by atoms with van der Waals surface area (Å²) in [7, 11) is -1.71. The van der Waals surface area contributed by atoms with Crippen molar-refractivity contribution >= 4 is 15.7 Å². The van der Waals surface area contributed by atoms with Crippen LogP contribution in [0.2, 0.25) is 0 Å². The summed E-state index contributed by atoms with van der Waals surface area (Å²) in [5.41, 5.74) is 0.475. The molecule has 0 fully saturated rings. The first-order valence-electron chi connectivity index (χ1n) is 5.80. The maximum absolute atomic E-state index is 11.7. The van der Waals surface area contributed by atoms with E-state index in [0.717, 1.165) is 6.54 Å². The van der Waals surface area contributed by atoms with Gasteiger partial charge in [-0.05, 0) is 6.54 Å². The largest absolute Gasteiger partial charge is 0.383 e. The molecule has 0 aliphatic heterocycles. The lowest BCUT2D eigenvalue weighted by molar-refractivity contribution is 0.183. The molecule has 0 bridgehead atoms. The van der Waals surface area contributed by atoms with Gasteiger partial charge in [0.15, 0.2) is 0 Å². The SMILES string of the molecule is CCNCCS(=O)(=O)Nc1cnn(CCOC)c1. The molecule has 7 nitrogen and oxygen atoms in total. The Morgan fingerprint density at radius 3 is 2.94 bits per heavy atom. The molecular weight excluding hydrogens is 256 g/mol. The monoisotopic (exact) mass is 276 g/mol. The second-order valence-electron chi connectivity index (χ2n) is 3.76. The fourth-order valence-electron chi connectivity index (χ4n) is 1.34. The van der Waals surface area contributed by atoms with Gasteiger partial charge < -0.3 is 10.1 Å². The number of methoxy groups -OCH3 is 1. The third-order valence-electron chi connectivity index (χ3n) is 2.23. The fraction of sp³-hybridized carbons (Fsp3) is 0.700. The summed E-state index contributed by atoms with van der Waals surface area (Å²) in [4.78, 5) is 0. The molecule has 0 unspecified atom stereocenters. The standard InChI is InChI=1S/C10H20N4O3S/c1-3-11-4-7-18(15,16)13-10-8-12-14(9-10)5-6-17-2/h8-9,11,13H,3-7H2,1-2H3. The van der Waals surface area contributed by atoms with Crippen molar-refractivity contribution in [2.75, 3.05) is 37.3 Å². The number of sulfonamides is 1. The van der Waals surface area contributed by atoms with Crippen LogP contribution in [0.4, 0.5) is 5.69 Å². The average Bonchev–Trinajstić information content (AvgIpc) is 2.73. The van der Waals surface area contributed by atoms with Crippen LogP contribution in [-0.4, -0.2) is 50.8 Å². The Balaban J connectivity index is 2.48. The Morgan fingerprint density at radius 2 is 2.28 bits per heavy atom. The van der Waals surface area contributed by atoms with Crippen LogP contribution in [0.15, 0.2) is 12.4 Å². The van der Waals surface area contributed by atoms with E-state index < -0.39 is 10.0 Å². The lowest BCUT2D eigenvalue weighted by atomic mass is 10.6. The van der Waals surface area contributed by atoms with Crippen molar-refractivity contribution in [3.63, 3.8) is 0 Å². The molecule has 0 saturated heterocycles. The zero-order valence-corrected chi connectivity index (χ0v) is 11.5. The molecule has 0 aromatic carbocycles. The number of rotatable bonds is 9. The van der Waals surface area contributed by atoms with Crippen LogP contribution in [0.3, 0.4) is 0 Å². The van der Waals surface area contributed by atoms with Crippen LogP contribution in [0, 0.1) is 0 Å². The van der Waals surface area contributed by atoms with Crippen LogP contribution in [0.25, 0.3) is 0 Å². The van der Waals surface area contributed by atoms with E-state index in [-0.39, 0.29) is 5.75 Å². The van der Waals surface area contributed by atoms with Crippen LogP contribution in [0.5, 0.6) is 0 Å². The summed E-state index contributed by atoms with van der Waals surface area (Å²) >= 11 is 0. The highest BCUT2D eigenvalue weighted by Gasteiger charge is 2.10. The Bertz CT molecular complexity index is 444. The molecule has 2 N–H and O–H groups in total. The predicted octanol–water partition coefficient (Wildman–Crippen LogP) is -0.119. The highest BCUT2D eigenvalue weighted by Crippen LogP contribution is 2.07. The van der Waals surface area contributed by atoms with Gasteiger partial charge in [0.25, 0.3) is 0 Å². The molecule has 0 spiro atoms. The minimum absolute atomic E-state index is 0.0457. The zero-order valence-electron chi connectivity index (χ0n) is 10.7. The summed E-state index contributed by atoms with van der Waals surface area (Å²) < 4.78 is 32.4. The number of hydrogen-bond acceptors (Lipinski definition) is 5. The fourth-order valence-corrected chi connectivity index (χ4v) is 2.32.